The van der Waals surface area contributed by atoms with Crippen LogP contribution in [0, 0.1) is 0 Å². The van der Waals surface area contributed by atoms with Crippen LogP contribution in [0.2, 0.25) is 39.3 Å². The van der Waals surface area contributed by atoms with E-state index in [1.165, 1.54) is 11.4 Å². The van der Waals surface area contributed by atoms with Crippen LogP contribution < -0.4 is 0 Å². The van der Waals surface area contributed by atoms with E-state index < -0.39 is 23.4 Å². The standard InChI is InChI=1S/C7H21O3PSSi2/c1-12-11(8,9-13(2,3)4)10-14(5,6)7/h1-7H3. The summed E-state index contributed by atoms with van der Waals surface area (Å²) in [5, 5.41) is 0. The third-order valence-electron chi connectivity index (χ3n) is 0.995. The SMILES string of the molecule is CSP(=O)(O[Si](C)(C)C)O[Si](C)(C)C. The zero-order chi connectivity index (χ0) is 11.6. The molecule has 0 aromatic heterocycles. The highest BCUT2D eigenvalue weighted by Gasteiger charge is 2.35. The summed E-state index contributed by atoms with van der Waals surface area (Å²) in [6.07, 6.45) is 1.78. The van der Waals surface area contributed by atoms with Gasteiger partial charge in [-0.3, -0.25) is 0 Å². The van der Waals surface area contributed by atoms with Gasteiger partial charge in [-0.1, -0.05) is 0 Å². The van der Waals surface area contributed by atoms with Gasteiger partial charge in [-0.05, 0) is 56.9 Å². The van der Waals surface area contributed by atoms with Crippen LogP contribution >= 0.6 is 18.2 Å². The molecule has 3 nitrogen and oxygen atoms in total. The van der Waals surface area contributed by atoms with Gasteiger partial charge in [0.1, 0.15) is 0 Å². The average molecular weight is 272 g/mol. The van der Waals surface area contributed by atoms with Crippen LogP contribution in [-0.2, 0) is 13.0 Å². The minimum atomic E-state index is -2.90. The van der Waals surface area contributed by atoms with Crippen molar-refractivity contribution >= 4 is 34.8 Å². The van der Waals surface area contributed by atoms with Gasteiger partial charge in [-0.2, -0.15) is 0 Å². The Balaban J connectivity index is 4.59. The van der Waals surface area contributed by atoms with Gasteiger partial charge in [0, 0.05) is 0 Å². The van der Waals surface area contributed by atoms with Gasteiger partial charge in [-0.15, -0.1) is 0 Å². The molecule has 0 atom stereocenters. The van der Waals surface area contributed by atoms with Gasteiger partial charge in [0.25, 0.3) is 0 Å². The van der Waals surface area contributed by atoms with Gasteiger partial charge in [-0.25, -0.2) is 4.57 Å². The highest BCUT2D eigenvalue weighted by Crippen LogP contribution is 2.62. The highest BCUT2D eigenvalue weighted by atomic mass is 32.7. The Bertz CT molecular complexity index is 214. The van der Waals surface area contributed by atoms with Crippen LogP contribution in [0.15, 0.2) is 0 Å². The first-order chi connectivity index (χ1) is 5.97. The molecule has 0 radical (unpaired) electrons. The fourth-order valence-electron chi connectivity index (χ4n) is 0.764. The van der Waals surface area contributed by atoms with Crippen LogP contribution in [0.1, 0.15) is 0 Å². The van der Waals surface area contributed by atoms with Gasteiger partial charge in [0.05, 0.1) is 0 Å². The second-order valence-electron chi connectivity index (χ2n) is 5.04. The molecule has 0 heterocycles. The molecule has 0 unspecified atom stereocenters. The molecular formula is C7H21O3PSSi2. The quantitative estimate of drug-likeness (QED) is 0.556. The van der Waals surface area contributed by atoms with Crippen LogP contribution in [0.3, 0.4) is 0 Å². The summed E-state index contributed by atoms with van der Waals surface area (Å²) in [5.41, 5.74) is 0. The lowest BCUT2D eigenvalue weighted by molar-refractivity contribution is 0.406. The van der Waals surface area contributed by atoms with Crippen molar-refractivity contribution < 1.29 is 13.0 Å². The van der Waals surface area contributed by atoms with Gasteiger partial charge >= 0.3 is 6.80 Å². The van der Waals surface area contributed by atoms with Crippen molar-refractivity contribution in [2.75, 3.05) is 6.26 Å². The van der Waals surface area contributed by atoms with E-state index in [4.69, 9.17) is 8.43 Å². The summed E-state index contributed by atoms with van der Waals surface area (Å²) in [5.74, 6) is 0. The Morgan fingerprint density at radius 3 is 1.36 bits per heavy atom. The fraction of sp³-hybridized carbons (Fsp3) is 1.00. The second-order valence-corrected chi connectivity index (χ2v) is 18.6. The van der Waals surface area contributed by atoms with Gasteiger partial charge in [0.2, 0.25) is 0 Å². The van der Waals surface area contributed by atoms with E-state index in [1.807, 2.05) is 39.3 Å². The maximum Gasteiger partial charge on any atom is 0.369 e. The average Bonchev–Trinajstić information content (AvgIpc) is 1.78. The van der Waals surface area contributed by atoms with Crippen molar-refractivity contribution in [2.24, 2.45) is 0 Å². The Kier molecular flexibility index (Phi) is 5.17. The first-order valence-electron chi connectivity index (χ1n) is 4.55. The molecule has 0 aromatic rings. The van der Waals surface area contributed by atoms with E-state index in [9.17, 15) is 4.57 Å². The highest BCUT2D eigenvalue weighted by molar-refractivity contribution is 8.55. The van der Waals surface area contributed by atoms with Crippen LogP contribution in [0.4, 0.5) is 0 Å². The molecule has 0 aliphatic heterocycles. The van der Waals surface area contributed by atoms with Gasteiger partial charge in [0.15, 0.2) is 16.6 Å². The Labute approximate surface area is 93.5 Å². The van der Waals surface area contributed by atoms with Crippen LogP contribution in [0.25, 0.3) is 0 Å². The molecule has 0 fully saturated rings. The minimum Gasteiger partial charge on any atom is -0.344 e. The van der Waals surface area contributed by atoms with Gasteiger partial charge < -0.3 is 8.43 Å². The predicted octanol–water partition coefficient (Wildman–Crippen LogP) is 4.16. The van der Waals surface area contributed by atoms with Crippen molar-refractivity contribution in [1.29, 1.82) is 0 Å². The van der Waals surface area contributed by atoms with E-state index in [2.05, 4.69) is 0 Å². The monoisotopic (exact) mass is 272 g/mol. The van der Waals surface area contributed by atoms with E-state index in [0.717, 1.165) is 0 Å². The van der Waals surface area contributed by atoms with Crippen molar-refractivity contribution in [3.05, 3.63) is 0 Å². The summed E-state index contributed by atoms with van der Waals surface area (Å²) < 4.78 is 23.4. The zero-order valence-electron chi connectivity index (χ0n) is 10.1. The largest absolute Gasteiger partial charge is 0.369 e. The molecule has 0 rings (SSSR count). The summed E-state index contributed by atoms with van der Waals surface area (Å²) in [6.45, 7) is 9.20. The number of rotatable bonds is 5. The summed E-state index contributed by atoms with van der Waals surface area (Å²) in [4.78, 5) is 0. The van der Waals surface area contributed by atoms with E-state index in [0.29, 0.717) is 0 Å². The fourth-order valence-corrected chi connectivity index (χ4v) is 12.6. The second kappa shape index (κ2) is 4.84. The molecule has 7 heteroatoms. The van der Waals surface area contributed by atoms with Crippen molar-refractivity contribution in [3.63, 3.8) is 0 Å². The molecule has 0 amide bonds. The molecular weight excluding hydrogens is 251 g/mol. The normalized spacial score (nSPS) is 14.5. The Hall–Kier alpha value is 0.934. The number of hydrogen-bond acceptors (Lipinski definition) is 4. The van der Waals surface area contributed by atoms with Crippen molar-refractivity contribution in [3.8, 4) is 0 Å². The molecule has 0 aliphatic rings. The predicted molar refractivity (Wildman–Crippen MR) is 70.0 cm³/mol. The lowest BCUT2D eigenvalue weighted by Gasteiger charge is -2.29. The first-order valence-corrected chi connectivity index (χ1v) is 14.7. The third-order valence-corrected chi connectivity index (χ3v) is 10.3. The Morgan fingerprint density at radius 1 is 0.929 bits per heavy atom. The zero-order valence-corrected chi connectivity index (χ0v) is 13.8. The summed E-state index contributed by atoms with van der Waals surface area (Å²) in [6, 6.07) is 0. The number of hydrogen-bond donors (Lipinski definition) is 0. The first kappa shape index (κ1) is 14.9. The van der Waals surface area contributed by atoms with Crippen molar-refractivity contribution in [1.82, 2.24) is 0 Å². The van der Waals surface area contributed by atoms with E-state index >= 15 is 0 Å². The molecule has 0 aliphatic carbocycles. The molecule has 0 bridgehead atoms. The molecule has 0 N–H and O–H groups in total. The molecule has 14 heavy (non-hydrogen) atoms. The maximum atomic E-state index is 12.2. The molecule has 0 saturated carbocycles. The summed E-state index contributed by atoms with van der Waals surface area (Å²) >= 11 is 1.21. The molecule has 0 saturated heterocycles. The summed E-state index contributed by atoms with van der Waals surface area (Å²) in [7, 11) is -3.60. The molecule has 86 valence electrons. The molecule has 0 aromatic carbocycles. The Morgan fingerprint density at radius 2 is 1.21 bits per heavy atom. The topological polar surface area (TPSA) is 35.5 Å². The maximum absolute atomic E-state index is 12.2. The molecule has 0 spiro atoms. The van der Waals surface area contributed by atoms with E-state index in [1.54, 1.807) is 6.26 Å². The van der Waals surface area contributed by atoms with Crippen molar-refractivity contribution in [2.45, 2.75) is 39.3 Å². The lowest BCUT2D eigenvalue weighted by Crippen LogP contribution is -2.28. The van der Waals surface area contributed by atoms with Crippen LogP contribution in [-0.4, -0.2) is 22.9 Å². The third kappa shape index (κ3) is 7.26. The lowest BCUT2D eigenvalue weighted by atomic mass is 11.8. The van der Waals surface area contributed by atoms with E-state index in [-0.39, 0.29) is 0 Å². The van der Waals surface area contributed by atoms with Crippen LogP contribution in [0.5, 0.6) is 0 Å². The minimum absolute atomic E-state index is 1.21. The smallest absolute Gasteiger partial charge is 0.344 e.